The molecule has 0 spiro atoms. The van der Waals surface area contributed by atoms with Gasteiger partial charge in [-0.1, -0.05) is 36.0 Å². The van der Waals surface area contributed by atoms with Crippen molar-refractivity contribution in [2.45, 2.75) is 35.5 Å². The van der Waals surface area contributed by atoms with Crippen LogP contribution in [0.25, 0.3) is 0 Å². The summed E-state index contributed by atoms with van der Waals surface area (Å²) in [5.74, 6) is 0.215. The third-order valence-corrected chi connectivity index (χ3v) is 6.02. The first-order chi connectivity index (χ1) is 11.8. The molecule has 1 amide bonds. The van der Waals surface area contributed by atoms with E-state index in [2.05, 4.69) is 24.3 Å². The number of hydrogen-bond acceptors (Lipinski definition) is 2. The molecule has 0 aliphatic carbocycles. The fraction of sp³-hybridized carbons (Fsp3) is 0.350. The Bertz CT molecular complexity index is 692. The Hall–Kier alpha value is -1.78. The molecule has 0 radical (unpaired) electrons. The number of rotatable bonds is 2. The van der Waals surface area contributed by atoms with Gasteiger partial charge in [-0.15, -0.1) is 0 Å². The summed E-state index contributed by atoms with van der Waals surface area (Å²) in [7, 11) is 0. The van der Waals surface area contributed by atoms with Gasteiger partial charge in [0.15, 0.2) is 6.54 Å². The van der Waals surface area contributed by atoms with Crippen molar-refractivity contribution in [1.29, 1.82) is 0 Å². The summed E-state index contributed by atoms with van der Waals surface area (Å²) >= 11 is 1.75. The molecule has 1 fully saturated rings. The van der Waals surface area contributed by atoms with Gasteiger partial charge in [-0.05, 0) is 49.9 Å². The van der Waals surface area contributed by atoms with Crippen molar-refractivity contribution in [3.8, 4) is 0 Å². The fourth-order valence-corrected chi connectivity index (χ4v) is 4.73. The molecule has 0 atom stereocenters. The minimum absolute atomic E-state index is 0.215. The number of amides is 1. The zero-order valence-electron chi connectivity index (χ0n) is 13.8. The van der Waals surface area contributed by atoms with Gasteiger partial charge in [0.2, 0.25) is 0 Å². The molecular formula is C20H23N2OS+. The average Bonchev–Trinajstić information content (AvgIpc) is 2.88. The first-order valence-electron chi connectivity index (χ1n) is 8.85. The monoisotopic (exact) mass is 339 g/mol. The highest BCUT2D eigenvalue weighted by Gasteiger charge is 2.30. The molecule has 3 nitrogen and oxygen atoms in total. The third-order valence-electron chi connectivity index (χ3n) is 4.89. The Labute approximate surface area is 147 Å². The summed E-state index contributed by atoms with van der Waals surface area (Å²) in [6.07, 6.45) is 5.10. The smallest absolute Gasteiger partial charge is 0.286 e. The number of nitrogens with zero attached hydrogens (tertiary/aromatic N) is 1. The number of carbonyl (C=O) groups excluding carboxylic acids is 1. The molecule has 4 heteroatoms. The van der Waals surface area contributed by atoms with Crippen LogP contribution in [0.5, 0.6) is 0 Å². The molecule has 0 bridgehead atoms. The number of quaternary nitrogens is 1. The second-order valence-corrected chi connectivity index (χ2v) is 7.69. The van der Waals surface area contributed by atoms with E-state index in [4.69, 9.17) is 0 Å². The first kappa shape index (κ1) is 15.7. The summed E-state index contributed by atoms with van der Waals surface area (Å²) in [5, 5.41) is 0. The molecule has 0 saturated carbocycles. The number of benzene rings is 2. The van der Waals surface area contributed by atoms with Crippen molar-refractivity contribution in [2.24, 2.45) is 0 Å². The van der Waals surface area contributed by atoms with E-state index >= 15 is 0 Å². The lowest BCUT2D eigenvalue weighted by Gasteiger charge is -2.31. The number of para-hydroxylation sites is 2. The molecule has 24 heavy (non-hydrogen) atoms. The number of carbonyl (C=O) groups is 1. The van der Waals surface area contributed by atoms with Crippen LogP contribution in [0, 0.1) is 0 Å². The summed E-state index contributed by atoms with van der Waals surface area (Å²) in [6.45, 7) is 2.84. The van der Waals surface area contributed by atoms with E-state index in [1.165, 1.54) is 30.6 Å². The SMILES string of the molecule is O=C(C[NH+]1CCCCCC1)N1c2ccccc2Sc2ccccc21. The van der Waals surface area contributed by atoms with Crippen molar-refractivity contribution in [3.63, 3.8) is 0 Å². The van der Waals surface area contributed by atoms with E-state index < -0.39 is 0 Å². The highest BCUT2D eigenvalue weighted by molar-refractivity contribution is 7.99. The molecule has 0 unspecified atom stereocenters. The molecule has 0 aromatic heterocycles. The number of fused-ring (bicyclic) bond motifs is 2. The normalized spacial score (nSPS) is 17.8. The van der Waals surface area contributed by atoms with Gasteiger partial charge in [-0.2, -0.15) is 0 Å². The third kappa shape index (κ3) is 3.08. The number of hydrogen-bond donors (Lipinski definition) is 1. The van der Waals surface area contributed by atoms with Gasteiger partial charge in [0.05, 0.1) is 24.5 Å². The second kappa shape index (κ2) is 6.99. The zero-order valence-corrected chi connectivity index (χ0v) is 14.6. The summed E-state index contributed by atoms with van der Waals surface area (Å²) < 4.78 is 0. The van der Waals surface area contributed by atoms with Crippen LogP contribution >= 0.6 is 11.8 Å². The molecule has 2 aromatic rings. The minimum Gasteiger partial charge on any atom is -0.327 e. The van der Waals surface area contributed by atoms with Gasteiger partial charge in [0.25, 0.3) is 5.91 Å². The zero-order chi connectivity index (χ0) is 16.4. The van der Waals surface area contributed by atoms with E-state index in [0.717, 1.165) is 34.3 Å². The molecule has 1 saturated heterocycles. The van der Waals surface area contributed by atoms with Crippen LogP contribution in [0.4, 0.5) is 11.4 Å². The number of anilines is 2. The molecule has 2 aliphatic heterocycles. The molecule has 1 N–H and O–H groups in total. The lowest BCUT2D eigenvalue weighted by atomic mass is 10.2. The Kier molecular flexibility index (Phi) is 4.58. The van der Waals surface area contributed by atoms with E-state index in [9.17, 15) is 4.79 Å². The van der Waals surface area contributed by atoms with E-state index in [1.54, 1.807) is 11.8 Å². The van der Waals surface area contributed by atoms with Crippen molar-refractivity contribution >= 4 is 29.0 Å². The molecule has 2 aromatic carbocycles. The second-order valence-electron chi connectivity index (χ2n) is 6.61. The predicted octanol–water partition coefficient (Wildman–Crippen LogP) is 3.27. The quantitative estimate of drug-likeness (QED) is 0.908. The van der Waals surface area contributed by atoms with Gasteiger partial charge in [-0.3, -0.25) is 9.69 Å². The predicted molar refractivity (Wildman–Crippen MR) is 98.2 cm³/mol. The van der Waals surface area contributed by atoms with Crippen LogP contribution in [-0.2, 0) is 4.79 Å². The van der Waals surface area contributed by atoms with Crippen molar-refractivity contribution in [3.05, 3.63) is 48.5 Å². The van der Waals surface area contributed by atoms with Crippen LogP contribution < -0.4 is 9.80 Å². The maximum Gasteiger partial charge on any atom is 0.286 e. The standard InChI is InChI=1S/C20H22N2OS/c23-20(15-21-13-7-1-2-8-14-21)22-16-9-3-5-11-18(16)24-19-12-6-4-10-17(19)22/h3-6,9-12H,1-2,7-8,13-15H2/p+1. The maximum atomic E-state index is 13.2. The number of nitrogens with one attached hydrogen (secondary N) is 1. The van der Waals surface area contributed by atoms with Crippen LogP contribution in [0.15, 0.2) is 58.3 Å². The van der Waals surface area contributed by atoms with Gasteiger partial charge in [-0.25, -0.2) is 0 Å². The average molecular weight is 339 g/mol. The Balaban J connectivity index is 1.65. The van der Waals surface area contributed by atoms with E-state index in [0.29, 0.717) is 6.54 Å². The van der Waals surface area contributed by atoms with Crippen molar-refractivity contribution in [2.75, 3.05) is 24.5 Å². The van der Waals surface area contributed by atoms with Crippen LogP contribution in [0.2, 0.25) is 0 Å². The lowest BCUT2D eigenvalue weighted by Crippen LogP contribution is -3.13. The van der Waals surface area contributed by atoms with Crippen LogP contribution in [0.1, 0.15) is 25.7 Å². The van der Waals surface area contributed by atoms with Gasteiger partial charge in [0, 0.05) is 9.79 Å². The van der Waals surface area contributed by atoms with Gasteiger partial charge in [0.1, 0.15) is 0 Å². The van der Waals surface area contributed by atoms with E-state index in [1.807, 2.05) is 29.2 Å². The van der Waals surface area contributed by atoms with E-state index in [-0.39, 0.29) is 5.91 Å². The topological polar surface area (TPSA) is 24.8 Å². The van der Waals surface area contributed by atoms with Gasteiger partial charge >= 0.3 is 0 Å². The first-order valence-corrected chi connectivity index (χ1v) is 9.67. The summed E-state index contributed by atoms with van der Waals surface area (Å²) in [6, 6.07) is 16.5. The van der Waals surface area contributed by atoms with Crippen LogP contribution in [0.3, 0.4) is 0 Å². The highest BCUT2D eigenvalue weighted by atomic mass is 32.2. The molecule has 2 aliphatic rings. The largest absolute Gasteiger partial charge is 0.327 e. The molecule has 124 valence electrons. The Morgan fingerprint density at radius 3 is 2.00 bits per heavy atom. The molecule has 4 rings (SSSR count). The van der Waals surface area contributed by atoms with Crippen molar-refractivity contribution in [1.82, 2.24) is 0 Å². The maximum absolute atomic E-state index is 13.2. The van der Waals surface area contributed by atoms with Gasteiger partial charge < -0.3 is 4.90 Å². The van der Waals surface area contributed by atoms with Crippen molar-refractivity contribution < 1.29 is 9.69 Å². The Morgan fingerprint density at radius 2 is 1.42 bits per heavy atom. The Morgan fingerprint density at radius 1 is 0.875 bits per heavy atom. The highest BCUT2D eigenvalue weighted by Crippen LogP contribution is 2.47. The number of likely N-dealkylation sites (tertiary alicyclic amines) is 1. The molecule has 2 heterocycles. The van der Waals surface area contributed by atoms with Crippen LogP contribution in [-0.4, -0.2) is 25.5 Å². The summed E-state index contributed by atoms with van der Waals surface area (Å²) in [4.78, 5) is 18.9. The summed E-state index contributed by atoms with van der Waals surface area (Å²) in [5.41, 5.74) is 2.06. The molecular weight excluding hydrogens is 316 g/mol. The lowest BCUT2D eigenvalue weighted by molar-refractivity contribution is -0.891. The minimum atomic E-state index is 0.215. The fourth-order valence-electron chi connectivity index (χ4n) is 3.67.